The lowest BCUT2D eigenvalue weighted by Crippen LogP contribution is -1.89. The predicted octanol–water partition coefficient (Wildman–Crippen LogP) is 0.268. The van der Waals surface area contributed by atoms with Crippen molar-refractivity contribution < 1.29 is 19.8 Å². The third-order valence-electron chi connectivity index (χ3n) is 0.617. The standard InChI is InChI=1S/C6H6O4/c7-3-1-2-5(8)4-6(9)10/h1-4,8H,(H,9,10)/b2-1+,5-4+. The maximum Gasteiger partial charge on any atom is 0.332 e. The molecule has 0 fully saturated rings. The number of carboxylic acid groups (broad SMARTS) is 1. The van der Waals surface area contributed by atoms with Crippen molar-refractivity contribution in [2.75, 3.05) is 0 Å². The van der Waals surface area contributed by atoms with Gasteiger partial charge in [0.25, 0.3) is 0 Å². The molecule has 0 spiro atoms. The van der Waals surface area contributed by atoms with Crippen molar-refractivity contribution in [3.8, 4) is 0 Å². The van der Waals surface area contributed by atoms with Gasteiger partial charge in [-0.25, -0.2) is 4.79 Å². The summed E-state index contributed by atoms with van der Waals surface area (Å²) in [5, 5.41) is 16.6. The fourth-order valence-corrected chi connectivity index (χ4v) is 0.312. The van der Waals surface area contributed by atoms with E-state index in [-0.39, 0.29) is 0 Å². The Morgan fingerprint density at radius 1 is 1.30 bits per heavy atom. The lowest BCUT2D eigenvalue weighted by Gasteiger charge is -1.84. The van der Waals surface area contributed by atoms with Crippen molar-refractivity contribution in [1.29, 1.82) is 0 Å². The first-order valence-corrected chi connectivity index (χ1v) is 2.42. The Morgan fingerprint density at radius 2 is 1.90 bits per heavy atom. The second-order valence-electron chi connectivity index (χ2n) is 1.40. The van der Waals surface area contributed by atoms with Gasteiger partial charge >= 0.3 is 5.97 Å². The molecule has 0 aromatic heterocycles. The van der Waals surface area contributed by atoms with Gasteiger partial charge in [-0.05, 0) is 12.2 Å². The van der Waals surface area contributed by atoms with Crippen molar-refractivity contribution >= 4 is 12.3 Å². The van der Waals surface area contributed by atoms with E-state index < -0.39 is 11.7 Å². The highest BCUT2D eigenvalue weighted by Gasteiger charge is 1.90. The average molecular weight is 142 g/mol. The van der Waals surface area contributed by atoms with Gasteiger partial charge in [0.2, 0.25) is 0 Å². The topological polar surface area (TPSA) is 74.6 Å². The molecule has 0 rings (SSSR count). The highest BCUT2D eigenvalue weighted by atomic mass is 16.4. The highest BCUT2D eigenvalue weighted by Crippen LogP contribution is 1.88. The summed E-state index contributed by atoms with van der Waals surface area (Å²) in [6, 6.07) is 0. The molecule has 54 valence electrons. The number of carbonyl (C=O) groups is 2. The molecule has 0 bridgehead atoms. The fraction of sp³-hybridized carbons (Fsp3) is 0. The molecule has 0 radical (unpaired) electrons. The SMILES string of the molecule is O=C/C=C/C(O)=C\C(=O)O. The van der Waals surface area contributed by atoms with Crippen LogP contribution in [0.25, 0.3) is 0 Å². The van der Waals surface area contributed by atoms with Gasteiger partial charge in [0.15, 0.2) is 0 Å². The van der Waals surface area contributed by atoms with E-state index in [1.54, 1.807) is 0 Å². The van der Waals surface area contributed by atoms with E-state index >= 15 is 0 Å². The maximum absolute atomic E-state index is 9.81. The minimum absolute atomic E-state index is 0.436. The summed E-state index contributed by atoms with van der Waals surface area (Å²) in [5.74, 6) is -1.72. The molecule has 4 nitrogen and oxygen atoms in total. The van der Waals surface area contributed by atoms with E-state index in [4.69, 9.17) is 10.2 Å². The van der Waals surface area contributed by atoms with Gasteiger partial charge in [0.05, 0.1) is 6.08 Å². The van der Waals surface area contributed by atoms with Crippen LogP contribution in [0.1, 0.15) is 0 Å². The smallest absolute Gasteiger partial charge is 0.332 e. The van der Waals surface area contributed by atoms with Gasteiger partial charge in [0.1, 0.15) is 12.0 Å². The van der Waals surface area contributed by atoms with Crippen molar-refractivity contribution in [2.24, 2.45) is 0 Å². The van der Waals surface area contributed by atoms with Gasteiger partial charge in [0, 0.05) is 0 Å². The first kappa shape index (κ1) is 8.42. The van der Waals surface area contributed by atoms with Gasteiger partial charge in [-0.3, -0.25) is 4.79 Å². The second kappa shape index (κ2) is 4.31. The first-order valence-electron chi connectivity index (χ1n) is 2.42. The van der Waals surface area contributed by atoms with Crippen molar-refractivity contribution in [2.45, 2.75) is 0 Å². The van der Waals surface area contributed by atoms with Gasteiger partial charge in [-0.15, -0.1) is 0 Å². The van der Waals surface area contributed by atoms with Crippen molar-refractivity contribution in [3.05, 3.63) is 24.0 Å². The van der Waals surface area contributed by atoms with Crippen LogP contribution in [0, 0.1) is 0 Å². The number of aliphatic hydroxyl groups is 1. The number of carboxylic acids is 1. The molecule has 0 unspecified atom stereocenters. The first-order chi connectivity index (χ1) is 4.66. The Labute approximate surface area is 57.1 Å². The maximum atomic E-state index is 9.81. The molecule has 2 N–H and O–H groups in total. The van der Waals surface area contributed by atoms with E-state index in [1.807, 2.05) is 0 Å². The van der Waals surface area contributed by atoms with Gasteiger partial charge < -0.3 is 10.2 Å². The molecule has 0 heterocycles. The number of hydrogen-bond acceptors (Lipinski definition) is 3. The lowest BCUT2D eigenvalue weighted by atomic mass is 10.4. The molecular weight excluding hydrogens is 136 g/mol. The molecule has 0 aliphatic rings. The molecule has 0 aromatic rings. The summed E-state index contributed by atoms with van der Waals surface area (Å²) < 4.78 is 0. The Morgan fingerprint density at radius 3 is 2.30 bits per heavy atom. The van der Waals surface area contributed by atoms with Crippen LogP contribution in [0.2, 0.25) is 0 Å². The van der Waals surface area contributed by atoms with Gasteiger partial charge in [-0.1, -0.05) is 0 Å². The minimum atomic E-state index is -1.26. The molecular formula is C6H6O4. The number of aliphatic hydroxyl groups excluding tert-OH is 1. The van der Waals surface area contributed by atoms with Crippen molar-refractivity contribution in [3.63, 3.8) is 0 Å². The van der Waals surface area contributed by atoms with E-state index in [0.717, 1.165) is 12.2 Å². The Balaban J connectivity index is 4.06. The quantitative estimate of drug-likeness (QED) is 0.256. The number of aldehydes is 1. The minimum Gasteiger partial charge on any atom is -0.508 e. The molecule has 0 aromatic carbocycles. The Bertz CT molecular complexity index is 190. The summed E-state index contributed by atoms with van der Waals surface area (Å²) in [7, 11) is 0. The lowest BCUT2D eigenvalue weighted by molar-refractivity contribution is -0.131. The van der Waals surface area contributed by atoms with E-state index in [0.29, 0.717) is 12.4 Å². The molecule has 0 saturated carbocycles. The summed E-state index contributed by atoms with van der Waals surface area (Å²) in [6.45, 7) is 0. The number of hydrogen-bond donors (Lipinski definition) is 2. The number of aliphatic carboxylic acids is 1. The summed E-state index contributed by atoms with van der Waals surface area (Å²) >= 11 is 0. The Kier molecular flexibility index (Phi) is 3.63. The molecule has 0 aliphatic carbocycles. The largest absolute Gasteiger partial charge is 0.508 e. The normalized spacial score (nSPS) is 11.8. The highest BCUT2D eigenvalue weighted by molar-refractivity contribution is 5.81. The molecule has 0 atom stereocenters. The zero-order chi connectivity index (χ0) is 7.98. The Hall–Kier alpha value is -1.58. The molecule has 0 amide bonds. The van der Waals surface area contributed by atoms with Crippen LogP contribution in [0.4, 0.5) is 0 Å². The number of allylic oxidation sites excluding steroid dienone is 2. The average Bonchev–Trinajstić information content (AvgIpc) is 1.82. The van der Waals surface area contributed by atoms with E-state index in [9.17, 15) is 9.59 Å². The van der Waals surface area contributed by atoms with Crippen LogP contribution in [0.3, 0.4) is 0 Å². The molecule has 10 heavy (non-hydrogen) atoms. The van der Waals surface area contributed by atoms with Crippen LogP contribution < -0.4 is 0 Å². The van der Waals surface area contributed by atoms with E-state index in [1.165, 1.54) is 0 Å². The van der Waals surface area contributed by atoms with Gasteiger partial charge in [-0.2, -0.15) is 0 Å². The van der Waals surface area contributed by atoms with Crippen LogP contribution in [-0.4, -0.2) is 22.5 Å². The van der Waals surface area contributed by atoms with E-state index in [2.05, 4.69) is 0 Å². The summed E-state index contributed by atoms with van der Waals surface area (Å²) in [6.07, 6.45) is 3.00. The number of carbonyl (C=O) groups excluding carboxylic acids is 1. The third-order valence-corrected chi connectivity index (χ3v) is 0.617. The van der Waals surface area contributed by atoms with Crippen LogP contribution in [0.15, 0.2) is 24.0 Å². The van der Waals surface area contributed by atoms with Crippen LogP contribution in [0.5, 0.6) is 0 Å². The zero-order valence-electron chi connectivity index (χ0n) is 5.02. The predicted molar refractivity (Wildman–Crippen MR) is 33.6 cm³/mol. The van der Waals surface area contributed by atoms with Crippen LogP contribution in [-0.2, 0) is 9.59 Å². The zero-order valence-corrected chi connectivity index (χ0v) is 5.02. The third kappa shape index (κ3) is 4.58. The fourth-order valence-electron chi connectivity index (χ4n) is 0.312. The molecule has 0 aliphatic heterocycles. The monoisotopic (exact) mass is 142 g/mol. The van der Waals surface area contributed by atoms with Crippen molar-refractivity contribution in [1.82, 2.24) is 0 Å². The summed E-state index contributed by atoms with van der Waals surface area (Å²) in [4.78, 5) is 19.4. The second-order valence-corrected chi connectivity index (χ2v) is 1.40. The molecule has 0 saturated heterocycles. The molecule has 4 heteroatoms. The summed E-state index contributed by atoms with van der Waals surface area (Å²) in [5.41, 5.74) is 0. The number of rotatable bonds is 3. The van der Waals surface area contributed by atoms with Crippen LogP contribution >= 0.6 is 0 Å².